The molecule has 0 amide bonds. The Morgan fingerprint density at radius 1 is 1.54 bits per heavy atom. The van der Waals surface area contributed by atoms with Crippen LogP contribution >= 0.6 is 28.3 Å². The van der Waals surface area contributed by atoms with Gasteiger partial charge in [-0.15, -0.1) is 12.4 Å². The highest BCUT2D eigenvalue weighted by molar-refractivity contribution is 9.10. The number of hydrogen-bond acceptors (Lipinski definition) is 3. The van der Waals surface area contributed by atoms with Gasteiger partial charge in [0.25, 0.3) is 0 Å². The zero-order valence-electron chi connectivity index (χ0n) is 6.98. The number of rotatable bonds is 3. The number of nitrogens with two attached hydrogens (primary N) is 1. The molecule has 0 aliphatic carbocycles. The van der Waals surface area contributed by atoms with Crippen molar-refractivity contribution < 1.29 is 5.11 Å². The van der Waals surface area contributed by atoms with Gasteiger partial charge in [-0.25, -0.2) is 4.98 Å². The summed E-state index contributed by atoms with van der Waals surface area (Å²) >= 11 is 3.25. The minimum atomic E-state index is -0.174. The third kappa shape index (κ3) is 4.04. The van der Waals surface area contributed by atoms with Crippen molar-refractivity contribution in [3.05, 3.63) is 28.5 Å². The smallest absolute Gasteiger partial charge is 0.106 e. The quantitative estimate of drug-likeness (QED) is 0.819. The predicted molar refractivity (Wildman–Crippen MR) is 57.8 cm³/mol. The molecule has 1 aromatic rings. The van der Waals surface area contributed by atoms with Crippen LogP contribution < -0.4 is 5.73 Å². The predicted octanol–water partition coefficient (Wildman–Crippen LogP) is 1.65. The summed E-state index contributed by atoms with van der Waals surface area (Å²) in [6, 6.07) is 5.40. The van der Waals surface area contributed by atoms with Gasteiger partial charge < -0.3 is 10.8 Å². The maximum atomic E-state index is 8.65. The van der Waals surface area contributed by atoms with E-state index in [1.807, 2.05) is 18.2 Å². The first-order valence-electron chi connectivity index (χ1n) is 3.73. The van der Waals surface area contributed by atoms with E-state index in [1.165, 1.54) is 0 Å². The monoisotopic (exact) mass is 266 g/mol. The summed E-state index contributed by atoms with van der Waals surface area (Å²) in [4.78, 5) is 4.17. The molecule has 1 aromatic heterocycles. The van der Waals surface area contributed by atoms with E-state index >= 15 is 0 Å². The molecule has 0 aliphatic heterocycles. The van der Waals surface area contributed by atoms with Gasteiger partial charge in [0.15, 0.2) is 0 Å². The van der Waals surface area contributed by atoms with Crippen molar-refractivity contribution in [2.24, 2.45) is 5.73 Å². The second kappa shape index (κ2) is 6.32. The molecule has 0 spiro atoms. The maximum absolute atomic E-state index is 8.65. The van der Waals surface area contributed by atoms with E-state index in [9.17, 15) is 0 Å². The zero-order valence-corrected chi connectivity index (χ0v) is 9.38. The van der Waals surface area contributed by atoms with Crippen molar-refractivity contribution in [3.63, 3.8) is 0 Å². The first-order chi connectivity index (χ1) is 5.74. The molecule has 3 nitrogen and oxygen atoms in total. The molecular weight excluding hydrogens is 255 g/mol. The van der Waals surface area contributed by atoms with Gasteiger partial charge in [0.1, 0.15) is 4.60 Å². The summed E-state index contributed by atoms with van der Waals surface area (Å²) in [7, 11) is 0. The molecule has 0 saturated heterocycles. The molecule has 5 heteroatoms. The van der Waals surface area contributed by atoms with Gasteiger partial charge in [0.2, 0.25) is 0 Å². The van der Waals surface area contributed by atoms with Crippen molar-refractivity contribution in [3.8, 4) is 0 Å². The minimum absolute atomic E-state index is 0. The molecule has 0 aliphatic rings. The Bertz CT molecular complexity index is 260. The molecule has 3 N–H and O–H groups in total. The van der Waals surface area contributed by atoms with Gasteiger partial charge in [-0.3, -0.25) is 0 Å². The summed E-state index contributed by atoms with van der Waals surface area (Å²) in [6.07, 6.45) is 0.545. The van der Waals surface area contributed by atoms with Crippen LogP contribution in [0.15, 0.2) is 22.8 Å². The van der Waals surface area contributed by atoms with E-state index in [2.05, 4.69) is 20.9 Å². The Balaban J connectivity index is 0.00000144. The van der Waals surface area contributed by atoms with Gasteiger partial charge in [-0.1, -0.05) is 6.07 Å². The molecule has 0 unspecified atom stereocenters. The van der Waals surface area contributed by atoms with E-state index in [4.69, 9.17) is 10.8 Å². The standard InChI is InChI=1S/C8H11BrN2O.ClH/c9-8-3-1-2-7(11-8)6(10)4-5-12;/h1-3,6,12H,4-5,10H2;1H/t6-;/m1./s1. The van der Waals surface area contributed by atoms with Crippen molar-refractivity contribution in [2.75, 3.05) is 6.61 Å². The first kappa shape index (κ1) is 12.8. The van der Waals surface area contributed by atoms with Crippen LogP contribution in [0.3, 0.4) is 0 Å². The van der Waals surface area contributed by atoms with Gasteiger partial charge in [0.05, 0.1) is 5.69 Å². The van der Waals surface area contributed by atoms with Crippen LogP contribution in [0.4, 0.5) is 0 Å². The molecule has 74 valence electrons. The molecule has 1 rings (SSSR count). The highest BCUT2D eigenvalue weighted by Gasteiger charge is 2.05. The summed E-state index contributed by atoms with van der Waals surface area (Å²) in [6.45, 7) is 0.0926. The van der Waals surface area contributed by atoms with Crippen molar-refractivity contribution in [1.29, 1.82) is 0 Å². The Kier molecular flexibility index (Phi) is 6.24. The van der Waals surface area contributed by atoms with E-state index in [0.717, 1.165) is 10.3 Å². The number of aliphatic hydroxyl groups excluding tert-OH is 1. The van der Waals surface area contributed by atoms with Gasteiger partial charge in [-0.05, 0) is 34.5 Å². The molecule has 1 atom stereocenters. The fraction of sp³-hybridized carbons (Fsp3) is 0.375. The number of aromatic nitrogens is 1. The highest BCUT2D eigenvalue weighted by Crippen LogP contribution is 2.13. The minimum Gasteiger partial charge on any atom is -0.396 e. The van der Waals surface area contributed by atoms with Crippen LogP contribution in [0, 0.1) is 0 Å². The van der Waals surface area contributed by atoms with E-state index in [1.54, 1.807) is 0 Å². The lowest BCUT2D eigenvalue weighted by Gasteiger charge is -2.08. The zero-order chi connectivity index (χ0) is 8.97. The number of nitrogens with zero attached hydrogens (tertiary/aromatic N) is 1. The molecular formula is C8H12BrClN2O. The molecule has 13 heavy (non-hydrogen) atoms. The van der Waals surface area contributed by atoms with Crippen LogP contribution in [0.2, 0.25) is 0 Å². The van der Waals surface area contributed by atoms with Gasteiger partial charge >= 0.3 is 0 Å². The molecule has 0 fully saturated rings. The number of aliphatic hydroxyl groups is 1. The normalized spacial score (nSPS) is 11.9. The number of halogens is 2. The lowest BCUT2D eigenvalue weighted by atomic mass is 10.1. The molecule has 0 aromatic carbocycles. The van der Waals surface area contributed by atoms with Crippen molar-refractivity contribution in [2.45, 2.75) is 12.5 Å². The topological polar surface area (TPSA) is 59.1 Å². The van der Waals surface area contributed by atoms with E-state index < -0.39 is 0 Å². The Hall–Kier alpha value is -0.160. The second-order valence-electron chi connectivity index (χ2n) is 2.50. The average Bonchev–Trinajstić information content (AvgIpc) is 2.05. The summed E-state index contributed by atoms with van der Waals surface area (Å²) in [5, 5.41) is 8.65. The first-order valence-corrected chi connectivity index (χ1v) is 4.52. The van der Waals surface area contributed by atoms with Gasteiger partial charge in [0, 0.05) is 12.6 Å². The molecule has 0 bridgehead atoms. The third-order valence-corrected chi connectivity index (χ3v) is 2.00. The Labute approximate surface area is 91.9 Å². The number of hydrogen-bond donors (Lipinski definition) is 2. The Morgan fingerprint density at radius 3 is 2.77 bits per heavy atom. The number of pyridine rings is 1. The molecule has 0 saturated carbocycles. The maximum Gasteiger partial charge on any atom is 0.106 e. The fourth-order valence-electron chi connectivity index (χ4n) is 0.917. The van der Waals surface area contributed by atoms with Crippen molar-refractivity contribution >= 4 is 28.3 Å². The van der Waals surface area contributed by atoms with Crippen LogP contribution in [0.5, 0.6) is 0 Å². The lowest BCUT2D eigenvalue weighted by Crippen LogP contribution is -2.13. The van der Waals surface area contributed by atoms with E-state index in [-0.39, 0.29) is 25.1 Å². The summed E-state index contributed by atoms with van der Waals surface area (Å²) in [5.74, 6) is 0. The highest BCUT2D eigenvalue weighted by atomic mass is 79.9. The SMILES string of the molecule is Cl.N[C@H](CCO)c1cccc(Br)n1. The van der Waals surface area contributed by atoms with E-state index in [0.29, 0.717) is 6.42 Å². The Morgan fingerprint density at radius 2 is 2.23 bits per heavy atom. The van der Waals surface area contributed by atoms with Gasteiger partial charge in [-0.2, -0.15) is 0 Å². The van der Waals surface area contributed by atoms with Crippen LogP contribution in [-0.4, -0.2) is 16.7 Å². The lowest BCUT2D eigenvalue weighted by molar-refractivity contribution is 0.275. The van der Waals surface area contributed by atoms with Crippen LogP contribution in [0.1, 0.15) is 18.2 Å². The third-order valence-electron chi connectivity index (χ3n) is 1.56. The largest absolute Gasteiger partial charge is 0.396 e. The van der Waals surface area contributed by atoms with Crippen molar-refractivity contribution in [1.82, 2.24) is 4.98 Å². The summed E-state index contributed by atoms with van der Waals surface area (Å²) < 4.78 is 0.772. The molecule has 0 radical (unpaired) electrons. The molecule has 1 heterocycles. The fourth-order valence-corrected chi connectivity index (χ4v) is 1.27. The van der Waals surface area contributed by atoms with Crippen LogP contribution in [0.25, 0.3) is 0 Å². The summed E-state index contributed by atoms with van der Waals surface area (Å²) in [5.41, 5.74) is 6.54. The average molecular weight is 268 g/mol. The van der Waals surface area contributed by atoms with Crippen LogP contribution in [-0.2, 0) is 0 Å². The second-order valence-corrected chi connectivity index (χ2v) is 3.32.